The van der Waals surface area contributed by atoms with Gasteiger partial charge in [-0.25, -0.2) is 0 Å². The van der Waals surface area contributed by atoms with Gasteiger partial charge in [0.1, 0.15) is 5.84 Å². The number of nitrogens with two attached hydrogens (primary N) is 1. The third-order valence-corrected chi connectivity index (χ3v) is 4.25. The molecule has 3 nitrogen and oxygen atoms in total. The second-order valence-electron chi connectivity index (χ2n) is 5.27. The zero-order chi connectivity index (χ0) is 13.3. The highest BCUT2D eigenvalue weighted by Gasteiger charge is 2.23. The van der Waals surface area contributed by atoms with Gasteiger partial charge in [0.25, 0.3) is 0 Å². The lowest BCUT2D eigenvalue weighted by molar-refractivity contribution is 0.324. The Morgan fingerprint density at radius 1 is 1.39 bits per heavy atom. The van der Waals surface area contributed by atoms with E-state index in [0.717, 1.165) is 24.7 Å². The predicted molar refractivity (Wildman–Crippen MR) is 77.6 cm³/mol. The van der Waals surface area contributed by atoms with Crippen molar-refractivity contribution in [3.8, 4) is 0 Å². The van der Waals surface area contributed by atoms with Crippen molar-refractivity contribution < 1.29 is 0 Å². The van der Waals surface area contributed by atoms with Crippen molar-refractivity contribution in [2.24, 2.45) is 17.6 Å². The van der Waals surface area contributed by atoms with Gasteiger partial charge in [-0.2, -0.15) is 0 Å². The molecule has 1 aliphatic rings. The summed E-state index contributed by atoms with van der Waals surface area (Å²) in [5.74, 6) is 1.51. The number of anilines is 1. The third kappa shape index (κ3) is 2.61. The molecule has 0 radical (unpaired) electrons. The standard InChI is InChI=1S/C14H20ClN3/c1-9-5-6-18(8-10(9)2)11-3-4-12(14(16)17)13(15)7-11/h3-4,7,9-10H,5-6,8H2,1-2H3,(H3,16,17). The second-order valence-corrected chi connectivity index (χ2v) is 5.67. The SMILES string of the molecule is CC1CCN(c2ccc(C(=N)N)c(Cl)c2)CC1C. The monoisotopic (exact) mass is 265 g/mol. The summed E-state index contributed by atoms with van der Waals surface area (Å²) < 4.78 is 0. The third-order valence-electron chi connectivity index (χ3n) is 3.94. The van der Waals surface area contributed by atoms with Crippen LogP contribution in [0.2, 0.25) is 5.02 Å². The van der Waals surface area contributed by atoms with E-state index in [2.05, 4.69) is 18.7 Å². The summed E-state index contributed by atoms with van der Waals surface area (Å²) in [5, 5.41) is 7.99. The summed E-state index contributed by atoms with van der Waals surface area (Å²) in [6.07, 6.45) is 1.22. The smallest absolute Gasteiger partial charge is 0.124 e. The number of rotatable bonds is 2. The van der Waals surface area contributed by atoms with E-state index in [1.54, 1.807) is 0 Å². The molecule has 1 aliphatic heterocycles. The predicted octanol–water partition coefficient (Wildman–Crippen LogP) is 3.11. The molecular formula is C14H20ClN3. The molecule has 1 aromatic rings. The van der Waals surface area contributed by atoms with Crippen LogP contribution in [0.1, 0.15) is 25.8 Å². The molecule has 0 amide bonds. The lowest BCUT2D eigenvalue weighted by atomic mass is 9.88. The molecule has 1 aromatic carbocycles. The van der Waals surface area contributed by atoms with E-state index >= 15 is 0 Å². The van der Waals surface area contributed by atoms with Crippen molar-refractivity contribution in [2.45, 2.75) is 20.3 Å². The molecule has 4 heteroatoms. The minimum Gasteiger partial charge on any atom is -0.384 e. The fraction of sp³-hybridized carbons (Fsp3) is 0.500. The maximum absolute atomic E-state index is 7.43. The summed E-state index contributed by atoms with van der Waals surface area (Å²) in [6.45, 7) is 6.74. The highest BCUT2D eigenvalue weighted by Crippen LogP contribution is 2.29. The first kappa shape index (κ1) is 13.2. The summed E-state index contributed by atoms with van der Waals surface area (Å²) in [5.41, 5.74) is 7.21. The Balaban J connectivity index is 2.19. The Labute approximate surface area is 113 Å². The maximum atomic E-state index is 7.43. The number of halogens is 1. The van der Waals surface area contributed by atoms with Crippen molar-refractivity contribution in [2.75, 3.05) is 18.0 Å². The molecular weight excluding hydrogens is 246 g/mol. The van der Waals surface area contributed by atoms with Gasteiger partial charge in [0.2, 0.25) is 0 Å². The zero-order valence-electron chi connectivity index (χ0n) is 10.9. The average molecular weight is 266 g/mol. The van der Waals surface area contributed by atoms with Crippen LogP contribution in [0.15, 0.2) is 18.2 Å². The number of nitrogens with one attached hydrogen (secondary N) is 1. The topological polar surface area (TPSA) is 53.1 Å². The number of benzene rings is 1. The molecule has 2 rings (SSSR count). The molecule has 2 unspecified atom stereocenters. The van der Waals surface area contributed by atoms with Gasteiger partial charge in [-0.05, 0) is 36.5 Å². The van der Waals surface area contributed by atoms with Gasteiger partial charge >= 0.3 is 0 Å². The molecule has 0 saturated carbocycles. The molecule has 0 aromatic heterocycles. The lowest BCUT2D eigenvalue weighted by Gasteiger charge is -2.37. The van der Waals surface area contributed by atoms with Crippen molar-refractivity contribution >= 4 is 23.1 Å². The molecule has 18 heavy (non-hydrogen) atoms. The lowest BCUT2D eigenvalue weighted by Crippen LogP contribution is -2.38. The number of piperidine rings is 1. The first-order valence-corrected chi connectivity index (χ1v) is 6.75. The molecule has 98 valence electrons. The van der Waals surface area contributed by atoms with Crippen LogP contribution in [0, 0.1) is 17.2 Å². The molecule has 1 saturated heterocycles. The van der Waals surface area contributed by atoms with Crippen LogP contribution in [-0.4, -0.2) is 18.9 Å². The Hall–Kier alpha value is -1.22. The fourth-order valence-electron chi connectivity index (χ4n) is 2.42. The highest BCUT2D eigenvalue weighted by molar-refractivity contribution is 6.34. The zero-order valence-corrected chi connectivity index (χ0v) is 11.7. The van der Waals surface area contributed by atoms with Gasteiger partial charge in [0.15, 0.2) is 0 Å². The van der Waals surface area contributed by atoms with Gasteiger partial charge in [0.05, 0.1) is 5.02 Å². The van der Waals surface area contributed by atoms with Gasteiger partial charge in [-0.15, -0.1) is 0 Å². The van der Waals surface area contributed by atoms with E-state index in [9.17, 15) is 0 Å². The van der Waals surface area contributed by atoms with Gasteiger partial charge in [-0.1, -0.05) is 25.4 Å². The van der Waals surface area contributed by atoms with Crippen molar-refractivity contribution in [1.29, 1.82) is 5.41 Å². The van der Waals surface area contributed by atoms with Crippen LogP contribution in [-0.2, 0) is 0 Å². The van der Waals surface area contributed by atoms with E-state index < -0.39 is 0 Å². The van der Waals surface area contributed by atoms with Crippen molar-refractivity contribution in [1.82, 2.24) is 0 Å². The molecule has 1 fully saturated rings. The van der Waals surface area contributed by atoms with Crippen LogP contribution < -0.4 is 10.6 Å². The van der Waals surface area contributed by atoms with Crippen molar-refractivity contribution in [3.63, 3.8) is 0 Å². The Kier molecular flexibility index (Phi) is 3.81. The minimum absolute atomic E-state index is 0.0205. The molecule has 0 aliphatic carbocycles. The first-order chi connectivity index (χ1) is 8.49. The van der Waals surface area contributed by atoms with Crippen LogP contribution in [0.4, 0.5) is 5.69 Å². The normalized spacial score (nSPS) is 24.1. The van der Waals surface area contributed by atoms with Crippen LogP contribution in [0.25, 0.3) is 0 Å². The second kappa shape index (κ2) is 5.19. The summed E-state index contributed by atoms with van der Waals surface area (Å²) in [7, 11) is 0. The number of hydrogen-bond donors (Lipinski definition) is 2. The van der Waals surface area contributed by atoms with Gasteiger partial charge in [0, 0.05) is 24.3 Å². The first-order valence-electron chi connectivity index (χ1n) is 6.38. The highest BCUT2D eigenvalue weighted by atomic mass is 35.5. The summed E-state index contributed by atoms with van der Waals surface area (Å²) >= 11 is 6.16. The number of amidine groups is 1. The molecule has 0 spiro atoms. The van der Waals surface area contributed by atoms with E-state index in [0.29, 0.717) is 16.5 Å². The largest absolute Gasteiger partial charge is 0.384 e. The Morgan fingerprint density at radius 3 is 2.67 bits per heavy atom. The Bertz CT molecular complexity index is 458. The van der Waals surface area contributed by atoms with Crippen LogP contribution in [0.5, 0.6) is 0 Å². The van der Waals surface area contributed by atoms with E-state index in [1.165, 1.54) is 6.42 Å². The molecule has 3 N–H and O–H groups in total. The van der Waals surface area contributed by atoms with Gasteiger partial charge in [-0.3, -0.25) is 5.41 Å². The summed E-state index contributed by atoms with van der Waals surface area (Å²) in [4.78, 5) is 2.36. The van der Waals surface area contributed by atoms with Gasteiger partial charge < -0.3 is 10.6 Å². The number of nitrogens with zero attached hydrogens (tertiary/aromatic N) is 1. The van der Waals surface area contributed by atoms with E-state index in [-0.39, 0.29) is 5.84 Å². The van der Waals surface area contributed by atoms with Crippen molar-refractivity contribution in [3.05, 3.63) is 28.8 Å². The number of hydrogen-bond acceptors (Lipinski definition) is 2. The molecule has 1 heterocycles. The molecule has 0 bridgehead atoms. The van der Waals surface area contributed by atoms with E-state index in [4.69, 9.17) is 22.7 Å². The fourth-order valence-corrected chi connectivity index (χ4v) is 2.69. The number of nitrogen functional groups attached to an aromatic ring is 1. The Morgan fingerprint density at radius 2 is 2.11 bits per heavy atom. The maximum Gasteiger partial charge on any atom is 0.124 e. The average Bonchev–Trinajstić information content (AvgIpc) is 2.32. The quantitative estimate of drug-likeness (QED) is 0.638. The summed E-state index contributed by atoms with van der Waals surface area (Å²) in [6, 6.07) is 5.76. The minimum atomic E-state index is 0.0205. The molecule has 2 atom stereocenters. The van der Waals surface area contributed by atoms with E-state index in [1.807, 2.05) is 18.2 Å². The van der Waals surface area contributed by atoms with Crippen LogP contribution in [0.3, 0.4) is 0 Å². The van der Waals surface area contributed by atoms with Crippen LogP contribution >= 0.6 is 11.6 Å².